The lowest BCUT2D eigenvalue weighted by molar-refractivity contribution is 0.267. The quantitative estimate of drug-likeness (QED) is 0.643. The monoisotopic (exact) mass is 299 g/mol. The molecule has 0 amide bonds. The topological polar surface area (TPSA) is 46.2 Å². The van der Waals surface area contributed by atoms with Gasteiger partial charge in [-0.05, 0) is 34.2 Å². The van der Waals surface area contributed by atoms with Gasteiger partial charge in [0.05, 0.1) is 16.2 Å². The fourth-order valence-corrected chi connectivity index (χ4v) is 1.66. The molecule has 0 heterocycles. The van der Waals surface area contributed by atoms with Crippen molar-refractivity contribution in [2.45, 2.75) is 6.04 Å². The minimum atomic E-state index is -0.739. The molecule has 0 aromatic heterocycles. The van der Waals surface area contributed by atoms with Gasteiger partial charge in [-0.15, -0.1) is 0 Å². The molecule has 0 aliphatic heterocycles. The molecule has 3 N–H and O–H groups in total. The van der Waals surface area contributed by atoms with Gasteiger partial charge in [-0.2, -0.15) is 0 Å². The van der Waals surface area contributed by atoms with Gasteiger partial charge in [-0.25, -0.2) is 8.78 Å². The highest BCUT2D eigenvalue weighted by molar-refractivity contribution is 14.1. The Morgan fingerprint density at radius 2 is 2.08 bits per heavy atom. The molecule has 72 valence electrons. The standard InChI is InChI=1S/C8H8F2INO/c9-4-1-5(7(12)3-13)8(11)6(10)2-4/h1-2,7,13H,3,12H2/t7-/m0/s1. The number of benzene rings is 1. The Kier molecular flexibility index (Phi) is 3.57. The van der Waals surface area contributed by atoms with Crippen LogP contribution >= 0.6 is 22.6 Å². The zero-order chi connectivity index (χ0) is 10.0. The van der Waals surface area contributed by atoms with Gasteiger partial charge >= 0.3 is 0 Å². The van der Waals surface area contributed by atoms with E-state index in [4.69, 9.17) is 10.8 Å². The molecular weight excluding hydrogens is 291 g/mol. The summed E-state index contributed by atoms with van der Waals surface area (Å²) < 4.78 is 25.9. The summed E-state index contributed by atoms with van der Waals surface area (Å²) in [6, 6.07) is 1.18. The summed E-state index contributed by atoms with van der Waals surface area (Å²) in [4.78, 5) is 0. The molecule has 0 bridgehead atoms. The van der Waals surface area contributed by atoms with Crippen molar-refractivity contribution in [3.8, 4) is 0 Å². The van der Waals surface area contributed by atoms with Crippen LogP contribution in [-0.2, 0) is 0 Å². The van der Waals surface area contributed by atoms with E-state index in [9.17, 15) is 8.78 Å². The highest BCUT2D eigenvalue weighted by Gasteiger charge is 2.13. The van der Waals surface area contributed by atoms with E-state index in [-0.39, 0.29) is 10.2 Å². The summed E-state index contributed by atoms with van der Waals surface area (Å²) in [6.07, 6.45) is 0. The maximum atomic E-state index is 13.0. The number of aliphatic hydroxyl groups is 1. The van der Waals surface area contributed by atoms with Crippen molar-refractivity contribution in [2.75, 3.05) is 6.61 Å². The van der Waals surface area contributed by atoms with Crippen molar-refractivity contribution in [3.63, 3.8) is 0 Å². The number of rotatable bonds is 2. The second kappa shape index (κ2) is 4.30. The van der Waals surface area contributed by atoms with Crippen molar-refractivity contribution in [1.82, 2.24) is 0 Å². The number of hydrogen-bond donors (Lipinski definition) is 2. The Hall–Kier alpha value is -0.270. The molecule has 0 unspecified atom stereocenters. The van der Waals surface area contributed by atoms with Gasteiger partial charge in [0.15, 0.2) is 0 Å². The van der Waals surface area contributed by atoms with Crippen LogP contribution in [0.25, 0.3) is 0 Å². The fraction of sp³-hybridized carbons (Fsp3) is 0.250. The first-order valence-corrected chi connectivity index (χ1v) is 4.65. The minimum Gasteiger partial charge on any atom is -0.394 e. The molecule has 0 saturated heterocycles. The highest BCUT2D eigenvalue weighted by Crippen LogP contribution is 2.22. The van der Waals surface area contributed by atoms with Gasteiger partial charge in [0.25, 0.3) is 0 Å². The molecule has 0 radical (unpaired) electrons. The van der Waals surface area contributed by atoms with E-state index < -0.39 is 17.7 Å². The normalized spacial score (nSPS) is 13.0. The van der Waals surface area contributed by atoms with E-state index in [0.29, 0.717) is 5.56 Å². The van der Waals surface area contributed by atoms with Crippen molar-refractivity contribution in [1.29, 1.82) is 0 Å². The fourth-order valence-electron chi connectivity index (χ4n) is 0.944. The summed E-state index contributed by atoms with van der Waals surface area (Å²) in [5, 5.41) is 8.72. The first-order chi connectivity index (χ1) is 6.06. The molecule has 13 heavy (non-hydrogen) atoms. The lowest BCUT2D eigenvalue weighted by Crippen LogP contribution is -2.16. The van der Waals surface area contributed by atoms with Crippen molar-refractivity contribution < 1.29 is 13.9 Å². The number of nitrogens with two attached hydrogens (primary N) is 1. The van der Waals surface area contributed by atoms with Crippen molar-refractivity contribution in [3.05, 3.63) is 32.9 Å². The Morgan fingerprint density at radius 1 is 1.46 bits per heavy atom. The van der Waals surface area contributed by atoms with Crippen molar-refractivity contribution >= 4 is 22.6 Å². The van der Waals surface area contributed by atoms with E-state index in [1.165, 1.54) is 0 Å². The van der Waals surface area contributed by atoms with Crippen molar-refractivity contribution in [2.24, 2.45) is 5.73 Å². The molecule has 0 aliphatic carbocycles. The second-order valence-electron chi connectivity index (χ2n) is 2.58. The van der Waals surface area contributed by atoms with Gasteiger partial charge < -0.3 is 10.8 Å². The number of aliphatic hydroxyl groups excluding tert-OH is 1. The zero-order valence-corrected chi connectivity index (χ0v) is 8.76. The van der Waals surface area contributed by atoms with Gasteiger partial charge in [0.2, 0.25) is 0 Å². The van der Waals surface area contributed by atoms with Crippen LogP contribution in [0.1, 0.15) is 11.6 Å². The van der Waals surface area contributed by atoms with Crippen LogP contribution in [0.3, 0.4) is 0 Å². The molecule has 0 fully saturated rings. The molecule has 1 aromatic rings. The lowest BCUT2D eigenvalue weighted by Gasteiger charge is -2.11. The third-order valence-electron chi connectivity index (χ3n) is 1.62. The first-order valence-electron chi connectivity index (χ1n) is 3.57. The molecular formula is C8H8F2INO. The minimum absolute atomic E-state index is 0.251. The lowest BCUT2D eigenvalue weighted by atomic mass is 10.1. The average Bonchev–Trinajstić information content (AvgIpc) is 2.10. The highest BCUT2D eigenvalue weighted by atomic mass is 127. The van der Waals surface area contributed by atoms with Crippen LogP contribution in [0.15, 0.2) is 12.1 Å². The summed E-state index contributed by atoms with van der Waals surface area (Å²) in [6.45, 7) is -0.334. The first kappa shape index (κ1) is 10.8. The molecule has 1 rings (SSSR count). The van der Waals surface area contributed by atoms with Crippen LogP contribution in [0, 0.1) is 15.2 Å². The SMILES string of the molecule is N[C@@H](CO)c1cc(F)cc(F)c1I. The zero-order valence-electron chi connectivity index (χ0n) is 6.60. The third kappa shape index (κ3) is 2.35. The van der Waals surface area contributed by atoms with E-state index >= 15 is 0 Å². The molecule has 2 nitrogen and oxygen atoms in total. The molecule has 1 aromatic carbocycles. The van der Waals surface area contributed by atoms with Crippen LogP contribution in [0.4, 0.5) is 8.78 Å². The predicted molar refractivity (Wildman–Crippen MR) is 53.1 cm³/mol. The molecule has 0 spiro atoms. The van der Waals surface area contributed by atoms with Crippen LogP contribution in [0.5, 0.6) is 0 Å². The van der Waals surface area contributed by atoms with E-state index in [0.717, 1.165) is 12.1 Å². The van der Waals surface area contributed by atoms with Crippen LogP contribution in [-0.4, -0.2) is 11.7 Å². The number of hydrogen-bond acceptors (Lipinski definition) is 2. The Balaban J connectivity index is 3.20. The molecule has 1 atom stereocenters. The summed E-state index contributed by atoms with van der Waals surface area (Å²) in [5.74, 6) is -1.34. The van der Waals surface area contributed by atoms with Gasteiger partial charge in [0, 0.05) is 6.07 Å². The van der Waals surface area contributed by atoms with Crippen LogP contribution < -0.4 is 5.73 Å². The van der Waals surface area contributed by atoms with E-state index in [1.54, 1.807) is 22.6 Å². The smallest absolute Gasteiger partial charge is 0.139 e. The number of halogens is 3. The van der Waals surface area contributed by atoms with E-state index in [2.05, 4.69) is 0 Å². The predicted octanol–water partition coefficient (Wildman–Crippen LogP) is 1.56. The third-order valence-corrected chi connectivity index (χ3v) is 2.76. The maximum absolute atomic E-state index is 13.0. The Morgan fingerprint density at radius 3 is 2.62 bits per heavy atom. The van der Waals surface area contributed by atoms with Gasteiger partial charge in [-0.1, -0.05) is 0 Å². The summed E-state index contributed by atoms with van der Waals surface area (Å²) >= 11 is 1.73. The summed E-state index contributed by atoms with van der Waals surface area (Å²) in [5.41, 5.74) is 5.74. The molecule has 0 saturated carbocycles. The molecule has 5 heteroatoms. The summed E-state index contributed by atoms with van der Waals surface area (Å²) in [7, 11) is 0. The molecule has 0 aliphatic rings. The van der Waals surface area contributed by atoms with E-state index in [1.807, 2.05) is 0 Å². The van der Waals surface area contributed by atoms with Gasteiger partial charge in [0.1, 0.15) is 11.6 Å². The van der Waals surface area contributed by atoms with Crippen LogP contribution in [0.2, 0.25) is 0 Å². The largest absolute Gasteiger partial charge is 0.394 e. The second-order valence-corrected chi connectivity index (χ2v) is 3.66. The average molecular weight is 299 g/mol. The Bertz CT molecular complexity index is 319. The maximum Gasteiger partial charge on any atom is 0.139 e. The van der Waals surface area contributed by atoms with Gasteiger partial charge in [-0.3, -0.25) is 0 Å². The Labute approximate surface area is 87.9 Å².